The van der Waals surface area contributed by atoms with Crippen molar-refractivity contribution in [2.75, 3.05) is 6.54 Å². The minimum atomic E-state index is -0.819. The van der Waals surface area contributed by atoms with Gasteiger partial charge in [-0.3, -0.25) is 9.59 Å². The molecule has 0 saturated heterocycles. The van der Waals surface area contributed by atoms with E-state index in [9.17, 15) is 9.59 Å². The van der Waals surface area contributed by atoms with Crippen LogP contribution in [0.4, 0.5) is 0 Å². The van der Waals surface area contributed by atoms with E-state index in [2.05, 4.69) is 5.32 Å². The molecule has 98 valence electrons. The number of carboxylic acid groups (broad SMARTS) is 1. The predicted octanol–water partition coefficient (Wildman–Crippen LogP) is 1.16. The molecule has 0 aromatic heterocycles. The van der Waals surface area contributed by atoms with Crippen LogP contribution in [0.25, 0.3) is 0 Å². The highest BCUT2D eigenvalue weighted by atomic mass is 16.4. The Morgan fingerprint density at radius 1 is 1.11 bits per heavy atom. The summed E-state index contributed by atoms with van der Waals surface area (Å²) in [6, 6.07) is 6.69. The van der Waals surface area contributed by atoms with E-state index in [-0.39, 0.29) is 18.9 Å². The highest BCUT2D eigenvalue weighted by Gasteiger charge is 2.04. The van der Waals surface area contributed by atoms with E-state index < -0.39 is 5.97 Å². The molecule has 1 aromatic carbocycles. The number of carbonyl (C=O) groups excluding carboxylic acids is 1. The number of nitrogens with one attached hydrogen (secondary N) is 1. The molecule has 0 spiro atoms. The summed E-state index contributed by atoms with van der Waals surface area (Å²) in [5.41, 5.74) is 1.29. The molecule has 0 unspecified atom stereocenters. The third kappa shape index (κ3) is 4.97. The monoisotopic (exact) mass is 251 g/mol. The largest absolute Gasteiger partial charge is 0.481 e. The van der Waals surface area contributed by atoms with Gasteiger partial charge in [-0.25, -0.2) is 0 Å². The number of amides is 1. The molecular weight excluding hydrogens is 234 g/mol. The molecule has 1 amide bonds. The minimum Gasteiger partial charge on any atom is -0.481 e. The first-order valence-corrected chi connectivity index (χ1v) is 5.83. The van der Waals surface area contributed by atoms with Gasteiger partial charge in [-0.1, -0.05) is 12.1 Å². The Balaban J connectivity index is 2.29. The fraction of sp³-hybridized carbons (Fsp3) is 0.385. The van der Waals surface area contributed by atoms with Crippen molar-refractivity contribution in [3.05, 3.63) is 35.4 Å². The van der Waals surface area contributed by atoms with Crippen LogP contribution in [0.1, 0.15) is 35.2 Å². The van der Waals surface area contributed by atoms with Gasteiger partial charge in [-0.15, -0.1) is 0 Å². The van der Waals surface area contributed by atoms with Gasteiger partial charge in [-0.2, -0.15) is 0 Å². The van der Waals surface area contributed by atoms with Gasteiger partial charge >= 0.3 is 5.97 Å². The van der Waals surface area contributed by atoms with Crippen molar-refractivity contribution in [1.82, 2.24) is 5.32 Å². The Morgan fingerprint density at radius 2 is 1.78 bits per heavy atom. The smallest absolute Gasteiger partial charge is 0.303 e. The summed E-state index contributed by atoms with van der Waals surface area (Å²) in [6.45, 7) is 0.422. The summed E-state index contributed by atoms with van der Waals surface area (Å²) in [4.78, 5) is 21.9. The molecular formula is C13H17NO4. The van der Waals surface area contributed by atoms with Crippen molar-refractivity contribution < 1.29 is 19.8 Å². The molecule has 0 heterocycles. The lowest BCUT2D eigenvalue weighted by molar-refractivity contribution is -0.137. The van der Waals surface area contributed by atoms with E-state index in [0.717, 1.165) is 5.56 Å². The molecule has 3 N–H and O–H groups in total. The van der Waals surface area contributed by atoms with Crippen molar-refractivity contribution in [3.8, 4) is 0 Å². The number of aliphatic carboxylic acids is 1. The van der Waals surface area contributed by atoms with Gasteiger partial charge in [0.2, 0.25) is 0 Å². The maximum atomic E-state index is 11.7. The Hall–Kier alpha value is -1.88. The van der Waals surface area contributed by atoms with Gasteiger partial charge in [0.05, 0.1) is 6.61 Å². The Bertz CT molecular complexity index is 400. The number of hydrogen-bond acceptors (Lipinski definition) is 3. The van der Waals surface area contributed by atoms with E-state index in [0.29, 0.717) is 24.9 Å². The van der Waals surface area contributed by atoms with Crippen molar-refractivity contribution >= 4 is 11.9 Å². The molecule has 1 rings (SSSR count). The molecule has 0 aliphatic carbocycles. The second-order valence-electron chi connectivity index (χ2n) is 3.96. The first-order valence-electron chi connectivity index (χ1n) is 5.83. The summed E-state index contributed by atoms with van der Waals surface area (Å²) in [5, 5.41) is 20.0. The molecule has 0 atom stereocenters. The Kier molecular flexibility index (Phi) is 5.87. The van der Waals surface area contributed by atoms with Gasteiger partial charge in [0.1, 0.15) is 0 Å². The number of carboxylic acids is 1. The van der Waals surface area contributed by atoms with Crippen LogP contribution in [0.5, 0.6) is 0 Å². The normalized spacial score (nSPS) is 10.1. The van der Waals surface area contributed by atoms with Crippen LogP contribution in [0.15, 0.2) is 24.3 Å². The highest BCUT2D eigenvalue weighted by Crippen LogP contribution is 2.04. The molecule has 18 heavy (non-hydrogen) atoms. The maximum absolute atomic E-state index is 11.7. The topological polar surface area (TPSA) is 86.6 Å². The maximum Gasteiger partial charge on any atom is 0.303 e. The van der Waals surface area contributed by atoms with Crippen LogP contribution in [0.3, 0.4) is 0 Å². The number of benzene rings is 1. The highest BCUT2D eigenvalue weighted by molar-refractivity contribution is 5.94. The van der Waals surface area contributed by atoms with Gasteiger partial charge in [0.25, 0.3) is 5.91 Å². The predicted molar refractivity (Wildman–Crippen MR) is 66.2 cm³/mol. The van der Waals surface area contributed by atoms with Crippen LogP contribution in [-0.2, 0) is 11.4 Å². The summed E-state index contributed by atoms with van der Waals surface area (Å²) in [6.07, 6.45) is 1.33. The quantitative estimate of drug-likeness (QED) is 0.635. The average Bonchev–Trinajstić information content (AvgIpc) is 2.38. The van der Waals surface area contributed by atoms with Crippen LogP contribution in [-0.4, -0.2) is 28.6 Å². The zero-order chi connectivity index (χ0) is 13.4. The second kappa shape index (κ2) is 7.45. The molecule has 0 fully saturated rings. The summed E-state index contributed by atoms with van der Waals surface area (Å²) in [7, 11) is 0. The molecule has 5 heteroatoms. The second-order valence-corrected chi connectivity index (χ2v) is 3.96. The summed E-state index contributed by atoms with van der Waals surface area (Å²) < 4.78 is 0. The lowest BCUT2D eigenvalue weighted by Gasteiger charge is -2.05. The molecule has 0 bridgehead atoms. The first-order chi connectivity index (χ1) is 8.63. The van der Waals surface area contributed by atoms with E-state index in [1.165, 1.54) is 0 Å². The number of aliphatic hydroxyl groups is 1. The Labute approximate surface area is 105 Å². The van der Waals surface area contributed by atoms with E-state index >= 15 is 0 Å². The lowest BCUT2D eigenvalue weighted by atomic mass is 10.1. The fourth-order valence-electron chi connectivity index (χ4n) is 1.47. The molecule has 1 aromatic rings. The van der Waals surface area contributed by atoms with Crippen LogP contribution in [0.2, 0.25) is 0 Å². The lowest BCUT2D eigenvalue weighted by Crippen LogP contribution is -2.24. The van der Waals surface area contributed by atoms with Crippen molar-refractivity contribution in [2.24, 2.45) is 0 Å². The van der Waals surface area contributed by atoms with Gasteiger partial charge < -0.3 is 15.5 Å². The standard InChI is InChI=1S/C13H17NO4/c15-9-10-4-6-11(7-5-10)13(18)14-8-2-1-3-12(16)17/h4-7,15H,1-3,8-9H2,(H,14,18)(H,16,17). The van der Waals surface area contributed by atoms with Crippen LogP contribution in [0, 0.1) is 0 Å². The minimum absolute atomic E-state index is 0.0446. The Morgan fingerprint density at radius 3 is 2.33 bits per heavy atom. The number of rotatable bonds is 7. The average molecular weight is 251 g/mol. The molecule has 5 nitrogen and oxygen atoms in total. The number of carbonyl (C=O) groups is 2. The zero-order valence-corrected chi connectivity index (χ0v) is 10.1. The molecule has 0 saturated carbocycles. The van der Waals surface area contributed by atoms with E-state index in [4.69, 9.17) is 10.2 Å². The van der Waals surface area contributed by atoms with Gasteiger partial charge in [-0.05, 0) is 30.5 Å². The van der Waals surface area contributed by atoms with E-state index in [1.807, 2.05) is 0 Å². The van der Waals surface area contributed by atoms with Gasteiger partial charge in [0.15, 0.2) is 0 Å². The number of unbranched alkanes of at least 4 members (excludes halogenated alkanes) is 1. The van der Waals surface area contributed by atoms with Crippen molar-refractivity contribution in [2.45, 2.75) is 25.9 Å². The summed E-state index contributed by atoms with van der Waals surface area (Å²) >= 11 is 0. The van der Waals surface area contributed by atoms with Gasteiger partial charge in [0, 0.05) is 18.5 Å². The number of aliphatic hydroxyl groups excluding tert-OH is 1. The fourth-order valence-corrected chi connectivity index (χ4v) is 1.47. The van der Waals surface area contributed by atoms with Crippen LogP contribution >= 0.6 is 0 Å². The molecule has 0 radical (unpaired) electrons. The van der Waals surface area contributed by atoms with Crippen LogP contribution < -0.4 is 5.32 Å². The first kappa shape index (κ1) is 14.2. The molecule has 0 aliphatic heterocycles. The number of hydrogen-bond donors (Lipinski definition) is 3. The summed E-state index contributed by atoms with van der Waals surface area (Å²) in [5.74, 6) is -1.00. The third-order valence-corrected chi connectivity index (χ3v) is 2.50. The molecule has 0 aliphatic rings. The SMILES string of the molecule is O=C(O)CCCCNC(=O)c1ccc(CO)cc1. The van der Waals surface area contributed by atoms with Crippen molar-refractivity contribution in [1.29, 1.82) is 0 Å². The third-order valence-electron chi connectivity index (χ3n) is 2.50. The van der Waals surface area contributed by atoms with E-state index in [1.54, 1.807) is 24.3 Å². The zero-order valence-electron chi connectivity index (χ0n) is 10.1. The van der Waals surface area contributed by atoms with Crippen molar-refractivity contribution in [3.63, 3.8) is 0 Å².